The van der Waals surface area contributed by atoms with Gasteiger partial charge in [-0.25, -0.2) is 4.39 Å². The molecule has 176 valence electrons. The molecule has 0 atom stereocenters. The Labute approximate surface area is 200 Å². The molecule has 0 N–H and O–H groups in total. The molecule has 2 aliphatic heterocycles. The Morgan fingerprint density at radius 1 is 0.939 bits per heavy atom. The van der Waals surface area contributed by atoms with E-state index >= 15 is 0 Å². The van der Waals surface area contributed by atoms with Crippen LogP contribution in [0.3, 0.4) is 0 Å². The lowest BCUT2D eigenvalue weighted by atomic mass is 9.99. The predicted octanol–water partition coefficient (Wildman–Crippen LogP) is 5.77. The Hall–Kier alpha value is -2.34. The summed E-state index contributed by atoms with van der Waals surface area (Å²) in [6, 6.07) is 14.2. The van der Waals surface area contributed by atoms with Gasteiger partial charge in [-0.15, -0.1) is 11.8 Å². The van der Waals surface area contributed by atoms with Crippen LogP contribution in [0, 0.1) is 5.82 Å². The van der Waals surface area contributed by atoms with Gasteiger partial charge in [0.1, 0.15) is 5.82 Å². The van der Waals surface area contributed by atoms with E-state index < -0.39 is 5.82 Å². The second-order valence-corrected chi connectivity index (χ2v) is 10.5. The van der Waals surface area contributed by atoms with E-state index in [1.807, 2.05) is 21.9 Å². The van der Waals surface area contributed by atoms with Gasteiger partial charge >= 0.3 is 0 Å². The summed E-state index contributed by atoms with van der Waals surface area (Å²) in [5, 5.41) is 0. The summed E-state index contributed by atoms with van der Waals surface area (Å²) in [5.41, 5.74) is 2.14. The number of unbranched alkanes of at least 4 members (excludes halogenated alkanes) is 3. The fourth-order valence-electron chi connectivity index (χ4n) is 4.90. The molecule has 4 rings (SSSR count). The highest BCUT2D eigenvalue weighted by Gasteiger charge is 2.47. The molecule has 2 aromatic carbocycles. The van der Waals surface area contributed by atoms with Gasteiger partial charge in [-0.2, -0.15) is 0 Å². The minimum Gasteiger partial charge on any atom is -0.338 e. The molecule has 2 saturated heterocycles. The Morgan fingerprint density at radius 3 is 2.36 bits per heavy atom. The molecular weight excluding hydrogens is 435 g/mol. The average molecular weight is 469 g/mol. The van der Waals surface area contributed by atoms with Crippen LogP contribution in [0.25, 0.3) is 0 Å². The number of aryl methyl sites for hydroxylation is 1. The molecule has 2 aliphatic rings. The first-order valence-electron chi connectivity index (χ1n) is 12.1. The lowest BCUT2D eigenvalue weighted by molar-refractivity contribution is 0.0495. The number of hydrogen-bond acceptors (Lipinski definition) is 3. The molecule has 33 heavy (non-hydrogen) atoms. The minimum absolute atomic E-state index is 0.0531. The lowest BCUT2D eigenvalue weighted by Crippen LogP contribution is -2.53. The zero-order chi connectivity index (χ0) is 23.3. The van der Waals surface area contributed by atoms with Crippen LogP contribution >= 0.6 is 11.8 Å². The average Bonchev–Trinajstić information content (AvgIpc) is 3.25. The Balaban J connectivity index is 1.36. The topological polar surface area (TPSA) is 40.6 Å². The van der Waals surface area contributed by atoms with E-state index in [-0.39, 0.29) is 22.2 Å². The van der Waals surface area contributed by atoms with Crippen LogP contribution in [0.5, 0.6) is 0 Å². The molecule has 2 amide bonds. The van der Waals surface area contributed by atoms with Crippen molar-refractivity contribution in [3.8, 4) is 0 Å². The van der Waals surface area contributed by atoms with E-state index in [1.54, 1.807) is 30.0 Å². The van der Waals surface area contributed by atoms with Crippen molar-refractivity contribution in [2.45, 2.75) is 56.7 Å². The van der Waals surface area contributed by atoms with Gasteiger partial charge in [0.25, 0.3) is 11.8 Å². The highest BCUT2D eigenvalue weighted by molar-refractivity contribution is 8.00. The van der Waals surface area contributed by atoms with Gasteiger partial charge in [-0.05, 0) is 55.5 Å². The first-order chi connectivity index (χ1) is 16.0. The minimum atomic E-state index is -0.476. The van der Waals surface area contributed by atoms with Crippen molar-refractivity contribution in [1.29, 1.82) is 0 Å². The molecule has 1 spiro atoms. The van der Waals surface area contributed by atoms with E-state index in [9.17, 15) is 14.0 Å². The number of thioether (sulfide) groups is 1. The van der Waals surface area contributed by atoms with E-state index in [2.05, 4.69) is 19.1 Å². The predicted molar refractivity (Wildman–Crippen MR) is 132 cm³/mol. The number of likely N-dealkylation sites (tertiary alicyclic amines) is 1. The summed E-state index contributed by atoms with van der Waals surface area (Å²) in [6.45, 7) is 4.04. The summed E-state index contributed by atoms with van der Waals surface area (Å²) in [7, 11) is 0. The number of nitrogens with zero attached hydrogens (tertiary/aromatic N) is 2. The largest absolute Gasteiger partial charge is 0.338 e. The zero-order valence-electron chi connectivity index (χ0n) is 19.4. The maximum absolute atomic E-state index is 14.2. The van der Waals surface area contributed by atoms with Crippen LogP contribution in [-0.2, 0) is 6.42 Å². The molecule has 6 heteroatoms. The first kappa shape index (κ1) is 23.8. The maximum Gasteiger partial charge on any atom is 0.257 e. The number of benzene rings is 2. The van der Waals surface area contributed by atoms with Gasteiger partial charge < -0.3 is 9.80 Å². The van der Waals surface area contributed by atoms with Crippen LogP contribution in [0.1, 0.15) is 71.7 Å². The number of piperidine rings is 1. The quantitative estimate of drug-likeness (QED) is 0.485. The third-order valence-corrected chi connectivity index (χ3v) is 8.43. The molecule has 2 aromatic rings. The number of amides is 2. The second-order valence-electron chi connectivity index (χ2n) is 9.03. The van der Waals surface area contributed by atoms with Gasteiger partial charge in [0, 0.05) is 31.0 Å². The van der Waals surface area contributed by atoms with Crippen LogP contribution in [0.2, 0.25) is 0 Å². The number of carbonyl (C=O) groups excluding carboxylic acids is 2. The number of halogens is 1. The van der Waals surface area contributed by atoms with Gasteiger partial charge in [-0.3, -0.25) is 9.59 Å². The van der Waals surface area contributed by atoms with E-state index in [1.165, 1.54) is 37.3 Å². The van der Waals surface area contributed by atoms with Crippen molar-refractivity contribution in [3.63, 3.8) is 0 Å². The van der Waals surface area contributed by atoms with Crippen molar-refractivity contribution >= 4 is 23.6 Å². The first-order valence-corrected chi connectivity index (χ1v) is 13.1. The van der Waals surface area contributed by atoms with Crippen LogP contribution in [0.4, 0.5) is 4.39 Å². The Kier molecular flexibility index (Phi) is 7.74. The number of rotatable bonds is 7. The molecule has 2 fully saturated rings. The normalized spacial score (nSPS) is 17.5. The van der Waals surface area contributed by atoms with Crippen molar-refractivity contribution in [1.82, 2.24) is 9.80 Å². The SMILES string of the molecule is CCCCCCc1ccc(C(=O)N2CCC3(CC2)SCCN3C(=O)c2ccccc2F)cc1. The summed E-state index contributed by atoms with van der Waals surface area (Å²) in [6.07, 6.45) is 7.42. The smallest absolute Gasteiger partial charge is 0.257 e. The summed E-state index contributed by atoms with van der Waals surface area (Å²) >= 11 is 1.77. The van der Waals surface area contributed by atoms with Crippen molar-refractivity contribution in [2.75, 3.05) is 25.4 Å². The Bertz CT molecular complexity index is 970. The second kappa shape index (κ2) is 10.7. The van der Waals surface area contributed by atoms with Crippen LogP contribution in [-0.4, -0.2) is 51.9 Å². The van der Waals surface area contributed by atoms with E-state index in [0.717, 1.165) is 17.7 Å². The molecule has 0 radical (unpaired) electrons. The zero-order valence-corrected chi connectivity index (χ0v) is 20.2. The molecule has 0 bridgehead atoms. The Morgan fingerprint density at radius 2 is 1.67 bits per heavy atom. The van der Waals surface area contributed by atoms with E-state index in [4.69, 9.17) is 0 Å². The molecule has 2 heterocycles. The number of hydrogen-bond donors (Lipinski definition) is 0. The molecule has 0 aromatic heterocycles. The van der Waals surface area contributed by atoms with Gasteiger partial charge in [0.2, 0.25) is 0 Å². The fourth-order valence-corrected chi connectivity index (χ4v) is 6.36. The van der Waals surface area contributed by atoms with Crippen molar-refractivity contribution < 1.29 is 14.0 Å². The highest BCUT2D eigenvalue weighted by Crippen LogP contribution is 2.44. The number of carbonyl (C=O) groups is 2. The van der Waals surface area contributed by atoms with Crippen LogP contribution in [0.15, 0.2) is 48.5 Å². The van der Waals surface area contributed by atoms with Gasteiger partial charge in [0.05, 0.1) is 10.4 Å². The fraction of sp³-hybridized carbons (Fsp3) is 0.481. The highest BCUT2D eigenvalue weighted by atomic mass is 32.2. The standard InChI is InChI=1S/C27H33FN2O2S/c1-2-3-4-5-8-21-11-13-22(14-12-21)25(31)29-17-15-27(16-18-29)30(19-20-33-27)26(32)23-9-6-7-10-24(23)28/h6-7,9-14H,2-5,8,15-20H2,1H3. The molecule has 0 aliphatic carbocycles. The summed E-state index contributed by atoms with van der Waals surface area (Å²) in [5.74, 6) is 0.175. The van der Waals surface area contributed by atoms with Crippen molar-refractivity contribution in [3.05, 3.63) is 71.0 Å². The van der Waals surface area contributed by atoms with Crippen LogP contribution < -0.4 is 0 Å². The molecule has 4 nitrogen and oxygen atoms in total. The van der Waals surface area contributed by atoms with Gasteiger partial charge in [-0.1, -0.05) is 50.5 Å². The third kappa shape index (κ3) is 5.26. The van der Waals surface area contributed by atoms with E-state index in [0.29, 0.717) is 32.5 Å². The monoisotopic (exact) mass is 468 g/mol. The van der Waals surface area contributed by atoms with Gasteiger partial charge in [0.15, 0.2) is 0 Å². The lowest BCUT2D eigenvalue weighted by Gasteiger charge is -2.44. The van der Waals surface area contributed by atoms with Crippen molar-refractivity contribution in [2.24, 2.45) is 0 Å². The molecule has 0 saturated carbocycles. The summed E-state index contributed by atoms with van der Waals surface area (Å²) in [4.78, 5) is 29.6. The summed E-state index contributed by atoms with van der Waals surface area (Å²) < 4.78 is 14.2. The molecule has 0 unspecified atom stereocenters. The maximum atomic E-state index is 14.2. The third-order valence-electron chi connectivity index (χ3n) is 6.88. The molecular formula is C27H33FN2O2S.